The smallest absolute Gasteiger partial charge is 0.0128 e. The molecule has 0 saturated heterocycles. The minimum Gasteiger partial charge on any atom is -0.103 e. The van der Waals surface area contributed by atoms with Gasteiger partial charge < -0.3 is 0 Å². The Morgan fingerprint density at radius 1 is 1.40 bits per heavy atom. The van der Waals surface area contributed by atoms with Crippen LogP contribution in [0.3, 0.4) is 0 Å². The van der Waals surface area contributed by atoms with Gasteiger partial charge in [-0.25, -0.2) is 0 Å². The molecule has 1 atom stereocenters. The van der Waals surface area contributed by atoms with Gasteiger partial charge in [-0.05, 0) is 50.0 Å². The van der Waals surface area contributed by atoms with Crippen molar-refractivity contribution in [1.29, 1.82) is 0 Å². The highest BCUT2D eigenvalue weighted by Crippen LogP contribution is 2.37. The summed E-state index contributed by atoms with van der Waals surface area (Å²) in [6.45, 7) is 7.85. The van der Waals surface area contributed by atoms with Crippen molar-refractivity contribution in [1.82, 2.24) is 0 Å². The van der Waals surface area contributed by atoms with E-state index in [-0.39, 0.29) is 0 Å². The van der Waals surface area contributed by atoms with Gasteiger partial charge in [-0.15, -0.1) is 6.58 Å². The molecule has 2 aliphatic rings. The monoisotopic (exact) mass is 204 g/mol. The fourth-order valence-corrected chi connectivity index (χ4v) is 2.59. The first-order valence-corrected chi connectivity index (χ1v) is 6.41. The van der Waals surface area contributed by atoms with Crippen molar-refractivity contribution in [3.63, 3.8) is 0 Å². The lowest BCUT2D eigenvalue weighted by atomic mass is 9.77. The first kappa shape index (κ1) is 12.3. The second kappa shape index (κ2) is 6.66. The quantitative estimate of drug-likeness (QED) is 0.553. The molecule has 0 aliphatic heterocycles. The first-order valence-electron chi connectivity index (χ1n) is 6.41. The van der Waals surface area contributed by atoms with Crippen LogP contribution in [0.1, 0.15) is 52.4 Å². The summed E-state index contributed by atoms with van der Waals surface area (Å²) in [6, 6.07) is 0. The molecular weight excluding hydrogens is 180 g/mol. The molecule has 0 N–H and O–H groups in total. The maximum absolute atomic E-state index is 3.85. The lowest BCUT2D eigenvalue weighted by Gasteiger charge is -2.28. The minimum atomic E-state index is 0.790. The molecule has 0 unspecified atom stereocenters. The molecule has 2 aliphatic carbocycles. The van der Waals surface area contributed by atoms with E-state index in [1.165, 1.54) is 38.5 Å². The molecule has 0 spiro atoms. The van der Waals surface area contributed by atoms with Gasteiger partial charge in [-0.3, -0.25) is 0 Å². The average Bonchev–Trinajstić information content (AvgIpc) is 2.33. The fourth-order valence-electron chi connectivity index (χ4n) is 2.59. The minimum absolute atomic E-state index is 0.790. The maximum Gasteiger partial charge on any atom is -0.0128 e. The first-order chi connectivity index (χ1) is 7.42. The van der Waals surface area contributed by atoms with Crippen molar-refractivity contribution in [2.45, 2.75) is 52.4 Å². The van der Waals surface area contributed by atoms with Crippen molar-refractivity contribution in [3.8, 4) is 0 Å². The molecular formula is C15H24. The molecule has 2 rings (SSSR count). The summed E-state index contributed by atoms with van der Waals surface area (Å²) in [5.74, 6) is 0.790. The zero-order valence-corrected chi connectivity index (χ0v) is 10.3. The van der Waals surface area contributed by atoms with Gasteiger partial charge in [-0.2, -0.15) is 0 Å². The SMILES string of the molecule is C=CC[C@H]1CCCC2=C1C=CCC2.CC. The van der Waals surface area contributed by atoms with Crippen molar-refractivity contribution in [3.05, 3.63) is 36.0 Å². The predicted octanol–water partition coefficient (Wildman–Crippen LogP) is 5.04. The second-order valence-electron chi connectivity index (χ2n) is 4.11. The molecule has 15 heavy (non-hydrogen) atoms. The molecule has 0 heteroatoms. The topological polar surface area (TPSA) is 0 Å². The van der Waals surface area contributed by atoms with E-state index in [0.717, 1.165) is 5.92 Å². The Morgan fingerprint density at radius 3 is 2.93 bits per heavy atom. The van der Waals surface area contributed by atoms with Crippen LogP contribution in [-0.2, 0) is 0 Å². The molecule has 84 valence electrons. The molecule has 0 amide bonds. The van der Waals surface area contributed by atoms with Gasteiger partial charge in [0.15, 0.2) is 0 Å². The van der Waals surface area contributed by atoms with Crippen molar-refractivity contribution < 1.29 is 0 Å². The van der Waals surface area contributed by atoms with Gasteiger partial charge in [0.25, 0.3) is 0 Å². The maximum atomic E-state index is 3.85. The van der Waals surface area contributed by atoms with Crippen LogP contribution in [0, 0.1) is 5.92 Å². The molecule has 0 aromatic heterocycles. The summed E-state index contributed by atoms with van der Waals surface area (Å²) in [6.07, 6.45) is 14.6. The lowest BCUT2D eigenvalue weighted by molar-refractivity contribution is 0.500. The van der Waals surface area contributed by atoms with E-state index in [2.05, 4.69) is 24.8 Å². The summed E-state index contributed by atoms with van der Waals surface area (Å²) >= 11 is 0. The third kappa shape index (κ3) is 3.09. The summed E-state index contributed by atoms with van der Waals surface area (Å²) in [7, 11) is 0. The normalized spacial score (nSPS) is 24.0. The molecule has 0 heterocycles. The van der Waals surface area contributed by atoms with E-state index in [9.17, 15) is 0 Å². The highest BCUT2D eigenvalue weighted by molar-refractivity contribution is 5.33. The van der Waals surface area contributed by atoms with Gasteiger partial charge in [-0.1, -0.05) is 37.6 Å². The van der Waals surface area contributed by atoms with Crippen LogP contribution < -0.4 is 0 Å². The Morgan fingerprint density at radius 2 is 2.20 bits per heavy atom. The molecule has 0 aromatic rings. The molecule has 0 aromatic carbocycles. The van der Waals surface area contributed by atoms with Crippen molar-refractivity contribution in [2.75, 3.05) is 0 Å². The van der Waals surface area contributed by atoms with Gasteiger partial charge in [0.2, 0.25) is 0 Å². The summed E-state index contributed by atoms with van der Waals surface area (Å²) in [5.41, 5.74) is 3.39. The Balaban J connectivity index is 0.000000531. The van der Waals surface area contributed by atoms with Crippen LogP contribution in [0.2, 0.25) is 0 Å². The van der Waals surface area contributed by atoms with Gasteiger partial charge >= 0.3 is 0 Å². The fraction of sp³-hybridized carbons (Fsp3) is 0.600. The van der Waals surface area contributed by atoms with Crippen LogP contribution in [0.5, 0.6) is 0 Å². The highest BCUT2D eigenvalue weighted by Gasteiger charge is 2.21. The largest absolute Gasteiger partial charge is 0.103 e. The molecule has 0 fully saturated rings. The lowest BCUT2D eigenvalue weighted by Crippen LogP contribution is -2.12. The van der Waals surface area contributed by atoms with Crippen LogP contribution in [0.15, 0.2) is 36.0 Å². The standard InChI is InChI=1S/C13H18.C2H6/c1-2-6-11-8-5-9-12-7-3-4-10-13(11)12;1-2/h2,4,10-11H,1,3,5-9H2;1-2H3/t11-;/m0./s1. The molecule has 0 radical (unpaired) electrons. The third-order valence-corrected chi connectivity index (χ3v) is 3.24. The number of hydrogen-bond donors (Lipinski definition) is 0. The van der Waals surface area contributed by atoms with Crippen LogP contribution >= 0.6 is 0 Å². The van der Waals surface area contributed by atoms with E-state index in [1.807, 2.05) is 13.8 Å². The van der Waals surface area contributed by atoms with E-state index in [1.54, 1.807) is 11.1 Å². The van der Waals surface area contributed by atoms with Crippen molar-refractivity contribution in [2.24, 2.45) is 5.92 Å². The zero-order valence-electron chi connectivity index (χ0n) is 10.3. The molecule has 0 saturated carbocycles. The Kier molecular flexibility index (Phi) is 5.45. The molecule has 0 nitrogen and oxygen atoms in total. The van der Waals surface area contributed by atoms with Crippen LogP contribution in [-0.4, -0.2) is 0 Å². The summed E-state index contributed by atoms with van der Waals surface area (Å²) in [4.78, 5) is 0. The number of hydrogen-bond acceptors (Lipinski definition) is 0. The number of allylic oxidation sites excluding steroid dienone is 5. The van der Waals surface area contributed by atoms with E-state index >= 15 is 0 Å². The van der Waals surface area contributed by atoms with Gasteiger partial charge in [0.05, 0.1) is 0 Å². The summed E-state index contributed by atoms with van der Waals surface area (Å²) in [5, 5.41) is 0. The van der Waals surface area contributed by atoms with Crippen LogP contribution in [0.4, 0.5) is 0 Å². The number of rotatable bonds is 2. The highest BCUT2D eigenvalue weighted by atomic mass is 14.3. The summed E-state index contributed by atoms with van der Waals surface area (Å²) < 4.78 is 0. The Bertz CT molecular complexity index is 255. The average molecular weight is 204 g/mol. The van der Waals surface area contributed by atoms with Crippen LogP contribution in [0.25, 0.3) is 0 Å². The van der Waals surface area contributed by atoms with Gasteiger partial charge in [0.1, 0.15) is 0 Å². The zero-order chi connectivity index (χ0) is 11.1. The third-order valence-electron chi connectivity index (χ3n) is 3.24. The Labute approximate surface area is 94.8 Å². The van der Waals surface area contributed by atoms with E-state index < -0.39 is 0 Å². The second-order valence-corrected chi connectivity index (χ2v) is 4.11. The van der Waals surface area contributed by atoms with E-state index in [4.69, 9.17) is 0 Å². The van der Waals surface area contributed by atoms with Gasteiger partial charge in [0, 0.05) is 0 Å². The molecule has 0 bridgehead atoms. The van der Waals surface area contributed by atoms with E-state index in [0.29, 0.717) is 0 Å². The Hall–Kier alpha value is -0.780. The predicted molar refractivity (Wildman–Crippen MR) is 68.9 cm³/mol. The van der Waals surface area contributed by atoms with Crippen molar-refractivity contribution >= 4 is 0 Å².